The first-order valence-corrected chi connectivity index (χ1v) is 7.33. The van der Waals surface area contributed by atoms with Gasteiger partial charge in [0.05, 0.1) is 10.8 Å². The number of rotatable bonds is 5. The second-order valence-electron chi connectivity index (χ2n) is 5.83. The van der Waals surface area contributed by atoms with Gasteiger partial charge in [0.1, 0.15) is 0 Å². The zero-order valence-electron chi connectivity index (χ0n) is 13.4. The molecule has 0 amide bonds. The van der Waals surface area contributed by atoms with E-state index in [0.29, 0.717) is 11.1 Å². The van der Waals surface area contributed by atoms with Crippen molar-refractivity contribution in [1.29, 1.82) is 0 Å². The standard InChI is InChI=1S/C18H19NO4/c1-11-4-5-12(2)15(8-11)16(18(20)21)9-14-7-6-13(3)17(10-14)19(22)23/h4-8,10,16H,9H2,1-3H3,(H,20,21). The lowest BCUT2D eigenvalue weighted by molar-refractivity contribution is -0.385. The van der Waals surface area contributed by atoms with Gasteiger partial charge in [0.25, 0.3) is 5.69 Å². The third kappa shape index (κ3) is 3.74. The highest BCUT2D eigenvalue weighted by Gasteiger charge is 2.23. The van der Waals surface area contributed by atoms with Crippen molar-refractivity contribution in [3.05, 3.63) is 74.3 Å². The topological polar surface area (TPSA) is 80.4 Å². The average Bonchev–Trinajstić information content (AvgIpc) is 2.48. The number of carbonyl (C=O) groups is 1. The van der Waals surface area contributed by atoms with Gasteiger partial charge >= 0.3 is 5.97 Å². The third-order valence-electron chi connectivity index (χ3n) is 4.02. The molecule has 0 saturated carbocycles. The van der Waals surface area contributed by atoms with Crippen LogP contribution in [-0.4, -0.2) is 16.0 Å². The van der Waals surface area contributed by atoms with Crippen LogP contribution in [0.15, 0.2) is 36.4 Å². The molecule has 0 fully saturated rings. The zero-order chi connectivity index (χ0) is 17.1. The number of hydrogen-bond acceptors (Lipinski definition) is 3. The number of aryl methyl sites for hydroxylation is 3. The average molecular weight is 313 g/mol. The Labute approximate surface area is 134 Å². The molecule has 2 aromatic carbocycles. The van der Waals surface area contributed by atoms with Gasteiger partial charge in [0.15, 0.2) is 0 Å². The van der Waals surface area contributed by atoms with E-state index >= 15 is 0 Å². The number of carboxylic acid groups (broad SMARTS) is 1. The minimum Gasteiger partial charge on any atom is -0.481 e. The lowest BCUT2D eigenvalue weighted by atomic mass is 9.88. The minimum absolute atomic E-state index is 0.0209. The Bertz CT molecular complexity index is 768. The van der Waals surface area contributed by atoms with Crippen molar-refractivity contribution in [2.75, 3.05) is 0 Å². The highest BCUT2D eigenvalue weighted by molar-refractivity contribution is 5.77. The normalized spacial score (nSPS) is 12.0. The highest BCUT2D eigenvalue weighted by atomic mass is 16.6. The summed E-state index contributed by atoms with van der Waals surface area (Å²) in [6.45, 7) is 5.46. The van der Waals surface area contributed by atoms with Crippen molar-refractivity contribution in [3.63, 3.8) is 0 Å². The quantitative estimate of drug-likeness (QED) is 0.670. The molecule has 0 radical (unpaired) electrons. The summed E-state index contributed by atoms with van der Waals surface area (Å²) in [7, 11) is 0. The van der Waals surface area contributed by atoms with Crippen molar-refractivity contribution in [1.82, 2.24) is 0 Å². The summed E-state index contributed by atoms with van der Waals surface area (Å²) in [6.07, 6.45) is 0.223. The zero-order valence-corrected chi connectivity index (χ0v) is 13.4. The fourth-order valence-corrected chi connectivity index (χ4v) is 2.68. The molecular formula is C18H19NO4. The summed E-state index contributed by atoms with van der Waals surface area (Å²) < 4.78 is 0. The maximum absolute atomic E-state index is 11.7. The van der Waals surface area contributed by atoms with Crippen molar-refractivity contribution in [3.8, 4) is 0 Å². The van der Waals surface area contributed by atoms with Gasteiger partial charge < -0.3 is 5.11 Å². The van der Waals surface area contributed by atoms with E-state index in [9.17, 15) is 20.0 Å². The van der Waals surface area contributed by atoms with Crippen LogP contribution in [0.5, 0.6) is 0 Å². The van der Waals surface area contributed by atoms with Crippen LogP contribution in [0.3, 0.4) is 0 Å². The predicted molar refractivity (Wildman–Crippen MR) is 87.8 cm³/mol. The number of nitro benzene ring substituents is 1. The van der Waals surface area contributed by atoms with Crippen LogP contribution in [0, 0.1) is 30.9 Å². The number of benzene rings is 2. The van der Waals surface area contributed by atoms with Crippen molar-refractivity contribution in [2.24, 2.45) is 0 Å². The van der Waals surface area contributed by atoms with Crippen LogP contribution in [0.25, 0.3) is 0 Å². The van der Waals surface area contributed by atoms with E-state index < -0.39 is 16.8 Å². The van der Waals surface area contributed by atoms with E-state index in [2.05, 4.69) is 0 Å². The van der Waals surface area contributed by atoms with E-state index in [0.717, 1.165) is 16.7 Å². The molecule has 2 aromatic rings. The molecule has 1 N–H and O–H groups in total. The van der Waals surface area contributed by atoms with Crippen LogP contribution >= 0.6 is 0 Å². The third-order valence-corrected chi connectivity index (χ3v) is 4.02. The molecule has 1 unspecified atom stereocenters. The Morgan fingerprint density at radius 2 is 1.78 bits per heavy atom. The van der Waals surface area contributed by atoms with E-state index in [4.69, 9.17) is 0 Å². The molecule has 2 rings (SSSR count). The first kappa shape index (κ1) is 16.7. The van der Waals surface area contributed by atoms with E-state index in [1.165, 1.54) is 6.07 Å². The molecule has 5 heteroatoms. The van der Waals surface area contributed by atoms with Gasteiger partial charge in [-0.2, -0.15) is 0 Å². The SMILES string of the molecule is Cc1ccc(C)c(C(Cc2ccc(C)c([N+](=O)[O-])c2)C(=O)O)c1. The molecule has 0 aromatic heterocycles. The fourth-order valence-electron chi connectivity index (χ4n) is 2.68. The maximum atomic E-state index is 11.7. The number of nitro groups is 1. The molecule has 1 atom stereocenters. The number of aliphatic carboxylic acids is 1. The first-order valence-electron chi connectivity index (χ1n) is 7.33. The monoisotopic (exact) mass is 313 g/mol. The van der Waals surface area contributed by atoms with E-state index in [1.54, 1.807) is 19.1 Å². The molecular weight excluding hydrogens is 294 g/mol. The molecule has 0 aliphatic carbocycles. The van der Waals surface area contributed by atoms with Gasteiger partial charge in [-0.1, -0.05) is 35.9 Å². The van der Waals surface area contributed by atoms with Crippen LogP contribution in [0.4, 0.5) is 5.69 Å². The van der Waals surface area contributed by atoms with E-state index in [1.807, 2.05) is 32.0 Å². The summed E-state index contributed by atoms with van der Waals surface area (Å²) in [6, 6.07) is 10.6. The van der Waals surface area contributed by atoms with Gasteiger partial charge in [-0.25, -0.2) is 0 Å². The van der Waals surface area contributed by atoms with Crippen LogP contribution in [0.1, 0.15) is 33.7 Å². The Morgan fingerprint density at radius 1 is 1.13 bits per heavy atom. The van der Waals surface area contributed by atoms with Crippen LogP contribution in [0.2, 0.25) is 0 Å². The summed E-state index contributed by atoms with van der Waals surface area (Å²) in [5.41, 5.74) is 3.89. The second-order valence-corrected chi connectivity index (χ2v) is 5.83. The van der Waals surface area contributed by atoms with Crippen molar-refractivity contribution >= 4 is 11.7 Å². The Hall–Kier alpha value is -2.69. The molecule has 0 saturated heterocycles. The van der Waals surface area contributed by atoms with Gasteiger partial charge in [-0.15, -0.1) is 0 Å². The van der Waals surface area contributed by atoms with Crippen LogP contribution < -0.4 is 0 Å². The van der Waals surface area contributed by atoms with E-state index in [-0.39, 0.29) is 12.1 Å². The molecule has 0 bridgehead atoms. The lowest BCUT2D eigenvalue weighted by Gasteiger charge is -2.16. The van der Waals surface area contributed by atoms with Crippen molar-refractivity contribution in [2.45, 2.75) is 33.1 Å². The molecule has 0 heterocycles. The molecule has 120 valence electrons. The number of nitrogens with zero attached hydrogens (tertiary/aromatic N) is 1. The summed E-state index contributed by atoms with van der Waals surface area (Å²) >= 11 is 0. The summed E-state index contributed by atoms with van der Waals surface area (Å²) in [5, 5.41) is 20.7. The fraction of sp³-hybridized carbons (Fsp3) is 0.278. The molecule has 0 spiro atoms. The maximum Gasteiger partial charge on any atom is 0.311 e. The van der Waals surface area contributed by atoms with Gasteiger partial charge in [-0.05, 0) is 43.9 Å². The largest absolute Gasteiger partial charge is 0.481 e. The smallest absolute Gasteiger partial charge is 0.311 e. The number of carboxylic acids is 1. The molecule has 0 aliphatic heterocycles. The Balaban J connectivity index is 2.41. The van der Waals surface area contributed by atoms with Crippen LogP contribution in [-0.2, 0) is 11.2 Å². The Morgan fingerprint density at radius 3 is 2.39 bits per heavy atom. The molecule has 0 aliphatic rings. The summed E-state index contributed by atoms with van der Waals surface area (Å²) in [5.74, 6) is -1.65. The van der Waals surface area contributed by atoms with Crippen molar-refractivity contribution < 1.29 is 14.8 Å². The van der Waals surface area contributed by atoms with Gasteiger partial charge in [0, 0.05) is 11.6 Å². The second kappa shape index (κ2) is 6.60. The Kier molecular flexibility index (Phi) is 4.79. The predicted octanol–water partition coefficient (Wildman–Crippen LogP) is 3.93. The van der Waals surface area contributed by atoms with Gasteiger partial charge in [-0.3, -0.25) is 14.9 Å². The molecule has 23 heavy (non-hydrogen) atoms. The first-order chi connectivity index (χ1) is 10.8. The highest BCUT2D eigenvalue weighted by Crippen LogP contribution is 2.28. The lowest BCUT2D eigenvalue weighted by Crippen LogP contribution is -2.16. The van der Waals surface area contributed by atoms with Gasteiger partial charge in [0.2, 0.25) is 0 Å². The molecule has 5 nitrogen and oxygen atoms in total. The number of hydrogen-bond donors (Lipinski definition) is 1. The minimum atomic E-state index is -0.929. The summed E-state index contributed by atoms with van der Waals surface area (Å²) in [4.78, 5) is 22.3.